The number of nitrogens with two attached hydrogens (primary N) is 1. The van der Waals surface area contributed by atoms with Gasteiger partial charge < -0.3 is 10.6 Å². The van der Waals surface area contributed by atoms with Crippen molar-refractivity contribution in [1.29, 1.82) is 0 Å². The largest absolute Gasteiger partial charge is 0.340 e. The van der Waals surface area contributed by atoms with Crippen LogP contribution in [-0.4, -0.2) is 60.7 Å². The predicted molar refractivity (Wildman–Crippen MR) is 60.5 cm³/mol. The highest BCUT2D eigenvalue weighted by Gasteiger charge is 2.19. The monoisotopic (exact) mass is 217 g/mol. The van der Waals surface area contributed by atoms with Crippen LogP contribution in [0.1, 0.15) is 6.42 Å². The van der Waals surface area contributed by atoms with Crippen molar-refractivity contribution >= 4 is 18.5 Å². The van der Waals surface area contributed by atoms with E-state index in [1.165, 1.54) is 0 Å². The normalized spacial score (nSPS) is 18.6. The average molecular weight is 217 g/mol. The third kappa shape index (κ3) is 3.48. The zero-order chi connectivity index (χ0) is 10.4. The first kappa shape index (κ1) is 11.8. The maximum Gasteiger partial charge on any atom is 0.223 e. The number of nitrogens with zero attached hydrogens (tertiary/aromatic N) is 2. The van der Waals surface area contributed by atoms with Gasteiger partial charge in [0, 0.05) is 45.7 Å². The van der Waals surface area contributed by atoms with Gasteiger partial charge in [-0.2, -0.15) is 12.6 Å². The maximum atomic E-state index is 11.5. The van der Waals surface area contributed by atoms with Gasteiger partial charge in [0.15, 0.2) is 0 Å². The minimum Gasteiger partial charge on any atom is -0.340 e. The zero-order valence-corrected chi connectivity index (χ0v) is 9.38. The average Bonchev–Trinajstić information content (AvgIpc) is 2.20. The van der Waals surface area contributed by atoms with E-state index < -0.39 is 0 Å². The highest BCUT2D eigenvalue weighted by molar-refractivity contribution is 7.80. The van der Waals surface area contributed by atoms with Gasteiger partial charge in [-0.05, 0) is 5.75 Å². The molecule has 1 heterocycles. The Morgan fingerprint density at radius 1 is 1.29 bits per heavy atom. The van der Waals surface area contributed by atoms with Crippen molar-refractivity contribution in [1.82, 2.24) is 9.80 Å². The summed E-state index contributed by atoms with van der Waals surface area (Å²) >= 11 is 4.06. The summed E-state index contributed by atoms with van der Waals surface area (Å²) in [6.45, 7) is 5.23. The molecule has 0 aliphatic carbocycles. The molecule has 1 aliphatic heterocycles. The molecule has 1 aliphatic rings. The lowest BCUT2D eigenvalue weighted by molar-refractivity contribution is -0.132. The van der Waals surface area contributed by atoms with Gasteiger partial charge in [-0.25, -0.2) is 0 Å². The van der Waals surface area contributed by atoms with Gasteiger partial charge in [-0.15, -0.1) is 0 Å². The second kappa shape index (κ2) is 6.27. The van der Waals surface area contributed by atoms with Crippen LogP contribution in [0.25, 0.3) is 0 Å². The molecule has 0 atom stereocenters. The van der Waals surface area contributed by atoms with Gasteiger partial charge in [0.1, 0.15) is 0 Å². The van der Waals surface area contributed by atoms with Crippen LogP contribution in [0.5, 0.6) is 0 Å². The molecule has 0 radical (unpaired) electrons. The Hall–Kier alpha value is -0.260. The molecule has 4 nitrogen and oxygen atoms in total. The Labute approximate surface area is 90.8 Å². The fraction of sp³-hybridized carbons (Fsp3) is 0.889. The fourth-order valence-electron chi connectivity index (χ4n) is 1.66. The third-order valence-corrected chi connectivity index (χ3v) is 2.72. The Balaban J connectivity index is 2.24. The van der Waals surface area contributed by atoms with E-state index >= 15 is 0 Å². The molecular weight excluding hydrogens is 198 g/mol. The van der Waals surface area contributed by atoms with E-state index in [9.17, 15) is 4.79 Å². The maximum absolute atomic E-state index is 11.5. The topological polar surface area (TPSA) is 49.6 Å². The Kier molecular flexibility index (Phi) is 5.29. The van der Waals surface area contributed by atoms with Crippen molar-refractivity contribution in [3.63, 3.8) is 0 Å². The molecule has 0 spiro atoms. The molecule has 0 aromatic heterocycles. The van der Waals surface area contributed by atoms with Crippen LogP contribution in [0.4, 0.5) is 0 Å². The first-order valence-electron chi connectivity index (χ1n) is 5.09. The number of carbonyl (C=O) groups is 1. The molecule has 0 aromatic carbocycles. The molecule has 0 aromatic rings. The second-order valence-corrected chi connectivity index (χ2v) is 3.93. The first-order valence-corrected chi connectivity index (χ1v) is 5.72. The van der Waals surface area contributed by atoms with E-state index in [1.54, 1.807) is 0 Å². The van der Waals surface area contributed by atoms with Crippen molar-refractivity contribution in [2.75, 3.05) is 45.0 Å². The van der Waals surface area contributed by atoms with E-state index in [0.717, 1.165) is 32.7 Å². The molecule has 82 valence electrons. The smallest absolute Gasteiger partial charge is 0.223 e. The van der Waals surface area contributed by atoms with Gasteiger partial charge in [0.05, 0.1) is 0 Å². The lowest BCUT2D eigenvalue weighted by atomic mass is 10.3. The Morgan fingerprint density at radius 2 is 1.93 bits per heavy atom. The molecule has 1 fully saturated rings. The molecular formula is C9H19N3OS. The highest BCUT2D eigenvalue weighted by Crippen LogP contribution is 2.03. The van der Waals surface area contributed by atoms with E-state index in [1.807, 2.05) is 4.90 Å². The van der Waals surface area contributed by atoms with E-state index in [4.69, 9.17) is 5.73 Å². The van der Waals surface area contributed by atoms with Crippen LogP contribution in [0.2, 0.25) is 0 Å². The number of carbonyl (C=O) groups excluding carboxylic acids is 1. The molecule has 0 unspecified atom stereocenters. The summed E-state index contributed by atoms with van der Waals surface area (Å²) in [7, 11) is 0. The number of thiol groups is 1. The van der Waals surface area contributed by atoms with E-state index in [-0.39, 0.29) is 5.91 Å². The van der Waals surface area contributed by atoms with Crippen molar-refractivity contribution in [2.24, 2.45) is 5.73 Å². The van der Waals surface area contributed by atoms with Crippen LogP contribution >= 0.6 is 12.6 Å². The van der Waals surface area contributed by atoms with Crippen molar-refractivity contribution in [3.05, 3.63) is 0 Å². The van der Waals surface area contributed by atoms with Gasteiger partial charge in [-0.1, -0.05) is 0 Å². The quantitative estimate of drug-likeness (QED) is 0.619. The van der Waals surface area contributed by atoms with Crippen LogP contribution < -0.4 is 5.73 Å². The minimum atomic E-state index is 0.229. The van der Waals surface area contributed by atoms with Crippen molar-refractivity contribution in [3.8, 4) is 0 Å². The SMILES string of the molecule is NCCN1CCN(C(=O)CCS)CC1. The first-order chi connectivity index (χ1) is 6.77. The molecule has 0 saturated carbocycles. The molecule has 1 saturated heterocycles. The van der Waals surface area contributed by atoms with Gasteiger partial charge >= 0.3 is 0 Å². The lowest BCUT2D eigenvalue weighted by Gasteiger charge is -2.34. The molecule has 14 heavy (non-hydrogen) atoms. The lowest BCUT2D eigenvalue weighted by Crippen LogP contribution is -2.49. The Bertz CT molecular complexity index is 181. The van der Waals surface area contributed by atoms with Gasteiger partial charge in [0.2, 0.25) is 5.91 Å². The fourth-order valence-corrected chi connectivity index (χ4v) is 1.85. The van der Waals surface area contributed by atoms with Crippen LogP contribution in [0.3, 0.4) is 0 Å². The summed E-state index contributed by atoms with van der Waals surface area (Å²) in [6, 6.07) is 0. The summed E-state index contributed by atoms with van der Waals surface area (Å²) in [5, 5.41) is 0. The summed E-state index contributed by atoms with van der Waals surface area (Å²) in [4.78, 5) is 15.7. The van der Waals surface area contributed by atoms with Crippen LogP contribution in [0, 0.1) is 0 Å². The number of piperazine rings is 1. The van der Waals surface area contributed by atoms with Crippen molar-refractivity contribution in [2.45, 2.75) is 6.42 Å². The molecule has 1 rings (SSSR count). The summed E-state index contributed by atoms with van der Waals surface area (Å²) in [6.07, 6.45) is 0.556. The predicted octanol–water partition coefficient (Wildman–Crippen LogP) is -0.591. The summed E-state index contributed by atoms with van der Waals surface area (Å²) in [5.41, 5.74) is 5.47. The Morgan fingerprint density at radius 3 is 2.43 bits per heavy atom. The van der Waals surface area contributed by atoms with Crippen molar-refractivity contribution < 1.29 is 4.79 Å². The van der Waals surface area contributed by atoms with Crippen LogP contribution in [-0.2, 0) is 4.79 Å². The molecule has 0 bridgehead atoms. The molecule has 5 heteroatoms. The number of hydrogen-bond acceptors (Lipinski definition) is 4. The molecule has 1 amide bonds. The second-order valence-electron chi connectivity index (χ2n) is 3.48. The summed E-state index contributed by atoms with van der Waals surface area (Å²) in [5.74, 6) is 0.870. The number of rotatable bonds is 4. The summed E-state index contributed by atoms with van der Waals surface area (Å²) < 4.78 is 0. The number of amides is 1. The van der Waals surface area contributed by atoms with Crippen LogP contribution in [0.15, 0.2) is 0 Å². The van der Waals surface area contributed by atoms with Gasteiger partial charge in [-0.3, -0.25) is 9.69 Å². The van der Waals surface area contributed by atoms with E-state index in [0.29, 0.717) is 18.7 Å². The standard InChI is InChI=1S/C9H19N3OS/c10-2-3-11-4-6-12(7-5-11)9(13)1-8-14/h14H,1-8,10H2. The third-order valence-electron chi connectivity index (χ3n) is 2.50. The molecule has 2 N–H and O–H groups in total. The zero-order valence-electron chi connectivity index (χ0n) is 8.48. The van der Waals surface area contributed by atoms with Gasteiger partial charge in [0.25, 0.3) is 0 Å². The minimum absolute atomic E-state index is 0.229. The highest BCUT2D eigenvalue weighted by atomic mass is 32.1. The van der Waals surface area contributed by atoms with E-state index in [2.05, 4.69) is 17.5 Å². The number of hydrogen-bond donors (Lipinski definition) is 2.